The molecule has 0 amide bonds. The van der Waals surface area contributed by atoms with Gasteiger partial charge in [-0.15, -0.1) is 0 Å². The van der Waals surface area contributed by atoms with E-state index in [2.05, 4.69) is 40.4 Å². The summed E-state index contributed by atoms with van der Waals surface area (Å²) in [6.45, 7) is 10.6. The van der Waals surface area contributed by atoms with Crippen molar-refractivity contribution < 1.29 is 0 Å². The third kappa shape index (κ3) is 3.64. The van der Waals surface area contributed by atoms with Gasteiger partial charge >= 0.3 is 0 Å². The van der Waals surface area contributed by atoms with Gasteiger partial charge in [-0.2, -0.15) is 0 Å². The van der Waals surface area contributed by atoms with Crippen LogP contribution in [0.1, 0.15) is 57.8 Å². The first-order valence-corrected chi connectivity index (χ1v) is 8.61. The lowest BCUT2D eigenvalue weighted by Gasteiger charge is -2.11. The van der Waals surface area contributed by atoms with Crippen molar-refractivity contribution >= 4 is 23.2 Å². The highest BCUT2D eigenvalue weighted by atomic mass is 35.5. The lowest BCUT2D eigenvalue weighted by molar-refractivity contribution is 0.471. The van der Waals surface area contributed by atoms with Crippen LogP contribution in [0.4, 0.5) is 0 Å². The summed E-state index contributed by atoms with van der Waals surface area (Å²) >= 11 is 6.26. The molecular formula is C18H26ClN3. The van der Waals surface area contributed by atoms with Gasteiger partial charge in [0.15, 0.2) is 0 Å². The molecule has 0 saturated carbocycles. The molecule has 1 aliphatic rings. The average molecular weight is 320 g/mol. The summed E-state index contributed by atoms with van der Waals surface area (Å²) < 4.78 is 2.12. The van der Waals surface area contributed by atoms with Crippen molar-refractivity contribution in [1.82, 2.24) is 14.3 Å². The van der Waals surface area contributed by atoms with Gasteiger partial charge in [0.25, 0.3) is 0 Å². The molecule has 0 aromatic carbocycles. The average Bonchev–Trinajstić information content (AvgIpc) is 3.15. The molecule has 3 rings (SSSR count). The number of likely N-dealkylation sites (tertiary alicyclic amines) is 1. The largest absolute Gasteiger partial charge is 0.377 e. The van der Waals surface area contributed by atoms with Crippen LogP contribution in [0.3, 0.4) is 0 Å². The molecule has 1 aliphatic heterocycles. The zero-order chi connectivity index (χ0) is 16.1. The molecule has 1 saturated heterocycles. The second-order valence-electron chi connectivity index (χ2n) is 5.70. The van der Waals surface area contributed by atoms with Crippen LogP contribution < -0.4 is 0 Å². The number of aromatic nitrogens is 2. The van der Waals surface area contributed by atoms with E-state index in [-0.39, 0.29) is 0 Å². The number of halogens is 1. The van der Waals surface area contributed by atoms with Crippen LogP contribution in [0.2, 0.25) is 5.02 Å². The van der Waals surface area contributed by atoms with Gasteiger partial charge in [-0.05, 0) is 37.0 Å². The Bertz CT molecular complexity index is 637. The molecule has 0 radical (unpaired) electrons. The Morgan fingerprint density at radius 1 is 1.18 bits per heavy atom. The summed E-state index contributed by atoms with van der Waals surface area (Å²) in [7, 11) is 0. The van der Waals surface area contributed by atoms with Crippen molar-refractivity contribution in [3.05, 3.63) is 41.1 Å². The van der Waals surface area contributed by atoms with Gasteiger partial charge < -0.3 is 4.90 Å². The zero-order valence-electron chi connectivity index (χ0n) is 14.0. The predicted octanol–water partition coefficient (Wildman–Crippen LogP) is 5.20. The fourth-order valence-corrected chi connectivity index (χ4v) is 2.96. The molecule has 0 aliphatic carbocycles. The zero-order valence-corrected chi connectivity index (χ0v) is 14.8. The maximum absolute atomic E-state index is 6.26. The van der Waals surface area contributed by atoms with Gasteiger partial charge in [0.2, 0.25) is 0 Å². The minimum absolute atomic E-state index is 0.397. The van der Waals surface area contributed by atoms with Crippen LogP contribution in [0, 0.1) is 0 Å². The topological polar surface area (TPSA) is 20.5 Å². The Hall–Kier alpha value is -1.48. The Morgan fingerprint density at radius 3 is 2.50 bits per heavy atom. The maximum atomic E-state index is 6.26. The molecule has 4 heteroatoms. The van der Waals surface area contributed by atoms with Gasteiger partial charge in [-0.1, -0.05) is 39.3 Å². The van der Waals surface area contributed by atoms with Crippen LogP contribution in [0.5, 0.6) is 0 Å². The summed E-state index contributed by atoms with van der Waals surface area (Å²) in [5.41, 5.74) is 3.29. The number of rotatable bonds is 3. The highest BCUT2D eigenvalue weighted by molar-refractivity contribution is 6.31. The van der Waals surface area contributed by atoms with E-state index in [1.54, 1.807) is 0 Å². The van der Waals surface area contributed by atoms with Crippen molar-refractivity contribution in [3.63, 3.8) is 0 Å². The van der Waals surface area contributed by atoms with Crippen molar-refractivity contribution in [3.8, 4) is 0 Å². The SMILES string of the molecule is CC.CC(C)c1ncn2c(/C=C/N3CCCC3)cc(Cl)cc12. The lowest BCUT2D eigenvalue weighted by atomic mass is 10.1. The molecule has 2 aromatic heterocycles. The van der Waals surface area contributed by atoms with Gasteiger partial charge in [-0.3, -0.25) is 4.40 Å². The Kier molecular flexibility index (Phi) is 5.90. The quantitative estimate of drug-likeness (QED) is 0.774. The van der Waals surface area contributed by atoms with Gasteiger partial charge in [0.1, 0.15) is 6.33 Å². The first-order valence-electron chi connectivity index (χ1n) is 8.24. The first-order chi connectivity index (χ1) is 10.6. The summed E-state index contributed by atoms with van der Waals surface area (Å²) in [5.74, 6) is 0.397. The molecule has 0 bridgehead atoms. The molecule has 2 aromatic rings. The highest BCUT2D eigenvalue weighted by Crippen LogP contribution is 2.24. The van der Waals surface area contributed by atoms with Gasteiger partial charge in [-0.25, -0.2) is 4.98 Å². The van der Waals surface area contributed by atoms with Crippen LogP contribution in [-0.4, -0.2) is 27.4 Å². The Morgan fingerprint density at radius 2 is 1.86 bits per heavy atom. The van der Waals surface area contributed by atoms with E-state index in [4.69, 9.17) is 11.6 Å². The van der Waals surface area contributed by atoms with E-state index in [1.165, 1.54) is 12.8 Å². The van der Waals surface area contributed by atoms with E-state index in [9.17, 15) is 0 Å². The third-order valence-electron chi connectivity index (χ3n) is 3.82. The highest BCUT2D eigenvalue weighted by Gasteiger charge is 2.11. The summed E-state index contributed by atoms with van der Waals surface area (Å²) in [6.07, 6.45) is 8.78. The van der Waals surface area contributed by atoms with Gasteiger partial charge in [0, 0.05) is 24.3 Å². The number of hydrogen-bond donors (Lipinski definition) is 0. The van der Waals surface area contributed by atoms with Crippen LogP contribution in [0.25, 0.3) is 11.6 Å². The lowest BCUT2D eigenvalue weighted by Crippen LogP contribution is -2.10. The molecular weight excluding hydrogens is 294 g/mol. The van der Waals surface area contributed by atoms with E-state index in [0.29, 0.717) is 5.92 Å². The monoisotopic (exact) mass is 319 g/mol. The van der Waals surface area contributed by atoms with Crippen LogP contribution in [-0.2, 0) is 0 Å². The fourth-order valence-electron chi connectivity index (χ4n) is 2.75. The minimum Gasteiger partial charge on any atom is -0.377 e. The molecule has 3 heterocycles. The first kappa shape index (κ1) is 16.9. The summed E-state index contributed by atoms with van der Waals surface area (Å²) in [5, 5.41) is 0.765. The van der Waals surface area contributed by atoms with Crippen LogP contribution >= 0.6 is 11.6 Å². The Balaban J connectivity index is 0.000000847. The molecule has 0 N–H and O–H groups in total. The molecule has 3 nitrogen and oxygen atoms in total. The van der Waals surface area contributed by atoms with E-state index in [0.717, 1.165) is 35.0 Å². The van der Waals surface area contributed by atoms with Crippen molar-refractivity contribution in [2.75, 3.05) is 13.1 Å². The standard InChI is InChI=1S/C16H20ClN3.C2H6/c1-12(2)16-15-10-13(17)9-14(20(15)11-18-16)5-8-19-6-3-4-7-19;1-2/h5,8-12H,3-4,6-7H2,1-2H3;1-2H3/b8-5+;. The predicted molar refractivity (Wildman–Crippen MR) is 95.5 cm³/mol. The van der Waals surface area contributed by atoms with E-state index < -0.39 is 0 Å². The van der Waals surface area contributed by atoms with Crippen molar-refractivity contribution in [2.24, 2.45) is 0 Å². The number of imidazole rings is 1. The Labute approximate surface area is 138 Å². The number of hydrogen-bond acceptors (Lipinski definition) is 2. The van der Waals surface area contributed by atoms with E-state index in [1.807, 2.05) is 32.3 Å². The fraction of sp³-hybridized carbons (Fsp3) is 0.500. The van der Waals surface area contributed by atoms with Crippen LogP contribution in [0.15, 0.2) is 24.7 Å². The molecule has 22 heavy (non-hydrogen) atoms. The molecule has 0 spiro atoms. The summed E-state index contributed by atoms with van der Waals surface area (Å²) in [6, 6.07) is 3.99. The third-order valence-corrected chi connectivity index (χ3v) is 4.03. The second-order valence-corrected chi connectivity index (χ2v) is 6.13. The number of nitrogens with zero attached hydrogens (tertiary/aromatic N) is 3. The molecule has 0 atom stereocenters. The molecule has 0 unspecified atom stereocenters. The minimum atomic E-state index is 0.397. The molecule has 120 valence electrons. The second kappa shape index (κ2) is 7.68. The van der Waals surface area contributed by atoms with Crippen molar-refractivity contribution in [2.45, 2.75) is 46.5 Å². The summed E-state index contributed by atoms with van der Waals surface area (Å²) in [4.78, 5) is 6.89. The number of pyridine rings is 1. The number of fused-ring (bicyclic) bond motifs is 1. The normalized spacial score (nSPS) is 14.9. The van der Waals surface area contributed by atoms with E-state index >= 15 is 0 Å². The molecule has 1 fully saturated rings. The van der Waals surface area contributed by atoms with Crippen molar-refractivity contribution in [1.29, 1.82) is 0 Å². The van der Waals surface area contributed by atoms with Gasteiger partial charge in [0.05, 0.1) is 16.9 Å². The maximum Gasteiger partial charge on any atom is 0.100 e. The smallest absolute Gasteiger partial charge is 0.100 e.